The summed E-state index contributed by atoms with van der Waals surface area (Å²) < 4.78 is 38.9. The van der Waals surface area contributed by atoms with Gasteiger partial charge in [0.05, 0.1) is 22.4 Å². The second kappa shape index (κ2) is 8.26. The van der Waals surface area contributed by atoms with Gasteiger partial charge < -0.3 is 10.2 Å². The average Bonchev–Trinajstić information content (AvgIpc) is 3.09. The summed E-state index contributed by atoms with van der Waals surface area (Å²) in [5.74, 6) is -0.349. The summed E-state index contributed by atoms with van der Waals surface area (Å²) >= 11 is 0. The van der Waals surface area contributed by atoms with E-state index in [0.717, 1.165) is 17.8 Å². The van der Waals surface area contributed by atoms with E-state index < -0.39 is 28.2 Å². The van der Waals surface area contributed by atoms with Crippen LogP contribution in [0.15, 0.2) is 48.5 Å². The normalized spacial score (nSPS) is 17.7. The Morgan fingerprint density at radius 2 is 1.79 bits per heavy atom. The zero-order chi connectivity index (χ0) is 23.8. The molecule has 3 amide bonds. The lowest BCUT2D eigenvalue weighted by atomic mass is 9.84. The lowest BCUT2D eigenvalue weighted by Gasteiger charge is -2.43. The minimum absolute atomic E-state index is 0.0183. The highest BCUT2D eigenvalue weighted by Gasteiger charge is 2.49. The van der Waals surface area contributed by atoms with E-state index in [1.807, 2.05) is 4.90 Å². The summed E-state index contributed by atoms with van der Waals surface area (Å²) in [5, 5.41) is 14.5. The molecule has 33 heavy (non-hydrogen) atoms. The Labute approximate surface area is 186 Å². The first-order valence-corrected chi connectivity index (χ1v) is 10.1. The van der Waals surface area contributed by atoms with Gasteiger partial charge in [0.1, 0.15) is 0 Å². The molecule has 1 spiro atoms. The Hall–Kier alpha value is -3.83. The molecular formula is C21H20F3N5O4. The largest absolute Gasteiger partial charge is 0.416 e. The molecule has 2 aromatic carbocycles. The van der Waals surface area contributed by atoms with Crippen LogP contribution in [0.3, 0.4) is 0 Å². The van der Waals surface area contributed by atoms with Crippen LogP contribution >= 0.6 is 0 Å². The number of rotatable bonds is 3. The molecule has 2 heterocycles. The first kappa shape index (κ1) is 22.4. The molecule has 0 saturated carbocycles. The van der Waals surface area contributed by atoms with Crippen molar-refractivity contribution >= 4 is 29.0 Å². The van der Waals surface area contributed by atoms with Crippen LogP contribution in [0.25, 0.3) is 0 Å². The quantitative estimate of drug-likeness (QED) is 0.530. The van der Waals surface area contributed by atoms with Gasteiger partial charge in [0, 0.05) is 36.6 Å². The SMILES string of the molecule is O=C1CC2(CCN(c3ccc([N+](=O)[O-])cc3)CC2)N(C(=O)Nc2cccc(C(F)(F)F)c2)N1. The fourth-order valence-electron chi connectivity index (χ4n) is 4.25. The number of urea groups is 1. The van der Waals surface area contributed by atoms with Crippen LogP contribution in [0.2, 0.25) is 0 Å². The molecule has 2 saturated heterocycles. The maximum atomic E-state index is 13.0. The Balaban J connectivity index is 1.46. The standard InChI is InChI=1S/C21H20F3N5O4/c22-21(23,24)14-2-1-3-15(12-14)25-19(31)28-20(13-18(30)26-28)8-10-27(11-9-20)16-4-6-17(7-5-16)29(32)33/h1-7,12H,8-11,13H2,(H,25,31)(H,26,30). The number of hydrogen-bond donors (Lipinski definition) is 2. The van der Waals surface area contributed by atoms with Crippen molar-refractivity contribution in [2.75, 3.05) is 23.3 Å². The molecule has 0 radical (unpaired) electrons. The molecule has 2 fully saturated rings. The number of hydrazine groups is 1. The summed E-state index contributed by atoms with van der Waals surface area (Å²) in [6, 6.07) is 9.67. The predicted molar refractivity (Wildman–Crippen MR) is 112 cm³/mol. The molecule has 4 rings (SSSR count). The topological polar surface area (TPSA) is 108 Å². The molecule has 0 aromatic heterocycles. The number of hydrogen-bond acceptors (Lipinski definition) is 5. The zero-order valence-electron chi connectivity index (χ0n) is 17.3. The molecule has 0 bridgehead atoms. The lowest BCUT2D eigenvalue weighted by molar-refractivity contribution is -0.384. The third-order valence-corrected chi connectivity index (χ3v) is 5.96. The molecule has 2 aliphatic heterocycles. The number of nitrogens with zero attached hydrogens (tertiary/aromatic N) is 3. The third-order valence-electron chi connectivity index (χ3n) is 5.96. The van der Waals surface area contributed by atoms with Crippen LogP contribution in [0.5, 0.6) is 0 Å². The number of piperidine rings is 1. The van der Waals surface area contributed by atoms with Gasteiger partial charge >= 0.3 is 12.2 Å². The van der Waals surface area contributed by atoms with Crippen LogP contribution in [-0.2, 0) is 11.0 Å². The summed E-state index contributed by atoms with van der Waals surface area (Å²) in [7, 11) is 0. The zero-order valence-corrected chi connectivity index (χ0v) is 17.3. The maximum Gasteiger partial charge on any atom is 0.416 e. The van der Waals surface area contributed by atoms with Gasteiger partial charge in [0.15, 0.2) is 0 Å². The van der Waals surface area contributed by atoms with E-state index >= 15 is 0 Å². The highest BCUT2D eigenvalue weighted by Crippen LogP contribution is 2.37. The molecule has 0 atom stereocenters. The van der Waals surface area contributed by atoms with Crippen molar-refractivity contribution in [1.29, 1.82) is 0 Å². The number of nitro benzene ring substituents is 1. The smallest absolute Gasteiger partial charge is 0.371 e. The summed E-state index contributed by atoms with van der Waals surface area (Å²) in [6.07, 6.45) is -3.61. The van der Waals surface area contributed by atoms with Gasteiger partial charge in [0.25, 0.3) is 5.69 Å². The number of anilines is 2. The van der Waals surface area contributed by atoms with Crippen LogP contribution in [-0.4, -0.2) is 40.5 Å². The highest BCUT2D eigenvalue weighted by atomic mass is 19.4. The Morgan fingerprint density at radius 1 is 1.12 bits per heavy atom. The van der Waals surface area contributed by atoms with Crippen molar-refractivity contribution in [2.24, 2.45) is 0 Å². The Bertz CT molecular complexity index is 1080. The number of amides is 3. The maximum absolute atomic E-state index is 13.0. The van der Waals surface area contributed by atoms with Gasteiger partial charge in [-0.25, -0.2) is 9.80 Å². The number of carbonyl (C=O) groups is 2. The van der Waals surface area contributed by atoms with E-state index in [0.29, 0.717) is 25.9 Å². The van der Waals surface area contributed by atoms with Crippen LogP contribution < -0.4 is 15.6 Å². The highest BCUT2D eigenvalue weighted by molar-refractivity contribution is 5.94. The second-order valence-corrected chi connectivity index (χ2v) is 8.04. The molecule has 0 aliphatic carbocycles. The van der Waals surface area contributed by atoms with Gasteiger partial charge in [-0.15, -0.1) is 0 Å². The van der Waals surface area contributed by atoms with Gasteiger partial charge in [-0.1, -0.05) is 6.07 Å². The van der Waals surface area contributed by atoms with E-state index in [1.54, 1.807) is 12.1 Å². The number of nitro groups is 1. The summed E-state index contributed by atoms with van der Waals surface area (Å²) in [6.45, 7) is 0.972. The van der Waals surface area contributed by atoms with Gasteiger partial charge in [-0.2, -0.15) is 13.2 Å². The number of non-ortho nitro benzene ring substituents is 1. The molecule has 0 unspecified atom stereocenters. The van der Waals surface area contributed by atoms with E-state index in [-0.39, 0.29) is 23.7 Å². The minimum atomic E-state index is -4.55. The van der Waals surface area contributed by atoms with Gasteiger partial charge in [-0.3, -0.25) is 20.3 Å². The fraction of sp³-hybridized carbons (Fsp3) is 0.333. The fourth-order valence-corrected chi connectivity index (χ4v) is 4.25. The summed E-state index contributed by atoms with van der Waals surface area (Å²) in [4.78, 5) is 37.4. The molecule has 174 valence electrons. The molecule has 12 heteroatoms. The molecule has 9 nitrogen and oxygen atoms in total. The minimum Gasteiger partial charge on any atom is -0.371 e. The third kappa shape index (κ3) is 4.54. The first-order chi connectivity index (χ1) is 15.6. The summed E-state index contributed by atoms with van der Waals surface area (Å²) in [5.41, 5.74) is 1.54. The first-order valence-electron chi connectivity index (χ1n) is 10.1. The number of benzene rings is 2. The van der Waals surface area contributed by atoms with E-state index in [2.05, 4.69) is 10.7 Å². The second-order valence-electron chi connectivity index (χ2n) is 8.04. The Morgan fingerprint density at radius 3 is 2.39 bits per heavy atom. The number of carbonyl (C=O) groups excluding carboxylic acids is 2. The van der Waals surface area contributed by atoms with Crippen molar-refractivity contribution in [3.05, 3.63) is 64.2 Å². The average molecular weight is 463 g/mol. The van der Waals surface area contributed by atoms with Crippen molar-refractivity contribution in [3.63, 3.8) is 0 Å². The van der Waals surface area contributed by atoms with Crippen LogP contribution in [0.4, 0.5) is 35.0 Å². The van der Waals surface area contributed by atoms with E-state index in [4.69, 9.17) is 0 Å². The Kier molecular flexibility index (Phi) is 5.60. The molecule has 2 aromatic rings. The van der Waals surface area contributed by atoms with E-state index in [1.165, 1.54) is 29.3 Å². The van der Waals surface area contributed by atoms with Crippen LogP contribution in [0, 0.1) is 10.1 Å². The van der Waals surface area contributed by atoms with E-state index in [9.17, 15) is 32.9 Å². The van der Waals surface area contributed by atoms with Crippen LogP contribution in [0.1, 0.15) is 24.8 Å². The number of halogens is 3. The molecular weight excluding hydrogens is 443 g/mol. The molecule has 2 aliphatic rings. The lowest BCUT2D eigenvalue weighted by Crippen LogP contribution is -2.58. The van der Waals surface area contributed by atoms with Crippen molar-refractivity contribution < 1.29 is 27.7 Å². The number of alkyl halides is 3. The van der Waals surface area contributed by atoms with Crippen molar-refractivity contribution in [1.82, 2.24) is 10.4 Å². The van der Waals surface area contributed by atoms with Crippen molar-refractivity contribution in [2.45, 2.75) is 31.0 Å². The van der Waals surface area contributed by atoms with Gasteiger partial charge in [0.2, 0.25) is 5.91 Å². The number of nitrogens with one attached hydrogen (secondary N) is 2. The molecule has 2 N–H and O–H groups in total. The monoisotopic (exact) mass is 463 g/mol. The van der Waals surface area contributed by atoms with Gasteiger partial charge in [-0.05, 0) is 43.2 Å². The van der Waals surface area contributed by atoms with Crippen molar-refractivity contribution in [3.8, 4) is 0 Å². The predicted octanol–water partition coefficient (Wildman–Crippen LogP) is 3.92.